The van der Waals surface area contributed by atoms with Crippen LogP contribution in [-0.4, -0.2) is 15.6 Å². The number of aromatic nitrogens is 2. The molecule has 10 rings (SSSR count). The summed E-state index contributed by atoms with van der Waals surface area (Å²) in [5.74, 6) is 0.532. The molecule has 0 aliphatic carbocycles. The summed E-state index contributed by atoms with van der Waals surface area (Å²) >= 11 is 0. The molecule has 7 aromatic carbocycles. The summed E-state index contributed by atoms with van der Waals surface area (Å²) in [6.07, 6.45) is 1.87. The average Bonchev–Trinajstić information content (AvgIpc) is 3.82. The molecule has 0 unspecified atom stereocenters. The molecule has 0 atom stereocenters. The Balaban J connectivity index is 0.00000518. The van der Waals surface area contributed by atoms with E-state index in [4.69, 9.17) is 9.72 Å². The van der Waals surface area contributed by atoms with Crippen LogP contribution in [0.1, 0.15) is 52.7 Å². The second-order valence-corrected chi connectivity index (χ2v) is 18.1. The first kappa shape index (κ1) is 42.5. The summed E-state index contributed by atoms with van der Waals surface area (Å²) in [7, 11) is 0. The number of para-hydroxylation sites is 4. The van der Waals surface area contributed by atoms with Crippen molar-refractivity contribution in [1.82, 2.24) is 18.7 Å². The Morgan fingerprint density at radius 1 is 0.562 bits per heavy atom. The molecule has 1 aliphatic rings. The Kier molecular flexibility index (Phi) is 10.9. The van der Waals surface area contributed by atoms with Gasteiger partial charge in [0.25, 0.3) is 11.4 Å². The Morgan fingerprint density at radius 3 is 1.94 bits per heavy atom. The van der Waals surface area contributed by atoms with Crippen LogP contribution in [-0.2, 0) is 31.9 Å². The van der Waals surface area contributed by atoms with Crippen molar-refractivity contribution in [2.24, 2.45) is 0 Å². The molecule has 316 valence electrons. The first-order valence-corrected chi connectivity index (χ1v) is 21.1. The topological polar surface area (TPSA) is 33.1 Å². The second kappa shape index (κ2) is 16.4. The first-order valence-electron chi connectivity index (χ1n) is 21.1. The van der Waals surface area contributed by atoms with Crippen molar-refractivity contribution >= 4 is 50.6 Å². The second-order valence-electron chi connectivity index (χ2n) is 18.1. The third kappa shape index (κ3) is 7.91. The molecule has 9 aromatic rings. The number of pyridine rings is 1. The van der Waals surface area contributed by atoms with Gasteiger partial charge in [0.15, 0.2) is 0 Å². The van der Waals surface area contributed by atoms with Crippen molar-refractivity contribution in [3.05, 3.63) is 193 Å². The van der Waals surface area contributed by atoms with Gasteiger partial charge < -0.3 is 9.30 Å². The Labute approximate surface area is 386 Å². The maximum atomic E-state index is 14.6. The maximum absolute atomic E-state index is 14.6. The predicted molar refractivity (Wildman–Crippen MR) is 252 cm³/mol. The predicted octanol–water partition coefficient (Wildman–Crippen LogP) is 14.6. The molecule has 8 heteroatoms. The minimum absolute atomic E-state index is 0. The van der Waals surface area contributed by atoms with E-state index in [0.717, 1.165) is 56.2 Å². The summed E-state index contributed by atoms with van der Waals surface area (Å²) in [4.78, 5) is 4.85. The molecule has 0 spiro atoms. The van der Waals surface area contributed by atoms with Crippen molar-refractivity contribution in [3.63, 3.8) is 0 Å². The number of rotatable bonds is 7. The standard InChI is InChI=1S/C56H44F2N4O.Pt/c1-55(2,3)39-21-19-36(20-22-39)37-29-43(60-35-61(52-18-12-11-17-51(52)60)49-15-9-7-13-46(49)38-27-41(57)32-42(58)28-38)33-45(30-37)63-44-23-24-48-47-14-8-10-16-50(47)62(53(48)34-44)54-31-40(25-26-59-54)56(4,5)6;/h7-32H,1-6H3;/q;+2. The van der Waals surface area contributed by atoms with Gasteiger partial charge in [-0.1, -0.05) is 130 Å². The third-order valence-electron chi connectivity index (χ3n) is 11.7. The van der Waals surface area contributed by atoms with E-state index in [1.54, 1.807) is 0 Å². The van der Waals surface area contributed by atoms with Crippen LogP contribution in [0.5, 0.6) is 11.5 Å². The first-order chi connectivity index (χ1) is 30.3. The largest absolute Gasteiger partial charge is 2.00 e. The molecule has 3 heterocycles. The van der Waals surface area contributed by atoms with Crippen LogP contribution in [0.3, 0.4) is 0 Å². The monoisotopic (exact) mass is 1020 g/mol. The molecule has 5 nitrogen and oxygen atoms in total. The summed E-state index contributed by atoms with van der Waals surface area (Å²) < 4.78 is 42.0. The third-order valence-corrected chi connectivity index (χ3v) is 11.7. The molecule has 0 fully saturated rings. The van der Waals surface area contributed by atoms with Gasteiger partial charge in [0.1, 0.15) is 23.1 Å². The van der Waals surface area contributed by atoms with E-state index in [2.05, 4.69) is 131 Å². The van der Waals surface area contributed by atoms with Gasteiger partial charge in [0.2, 0.25) is 5.69 Å². The average molecular weight is 1020 g/mol. The quantitative estimate of drug-likeness (QED) is 0.118. The maximum Gasteiger partial charge on any atom is 2.00 e. The number of benzene rings is 7. The van der Waals surface area contributed by atoms with Gasteiger partial charge >= 0.3 is 27.1 Å². The molecule has 64 heavy (non-hydrogen) atoms. The van der Waals surface area contributed by atoms with Crippen molar-refractivity contribution < 1.29 is 34.6 Å². The van der Waals surface area contributed by atoms with Gasteiger partial charge in [-0.05, 0) is 79.4 Å². The molecular formula is C56H44F2N4OPt+2. The molecule has 0 saturated heterocycles. The Morgan fingerprint density at radius 2 is 1.22 bits per heavy atom. The smallest absolute Gasteiger partial charge is 0.509 e. The molecule has 0 saturated carbocycles. The number of halogens is 2. The molecule has 1 aliphatic heterocycles. The van der Waals surface area contributed by atoms with E-state index in [1.165, 1.54) is 23.3 Å². The van der Waals surface area contributed by atoms with Gasteiger partial charge in [-0.15, -0.1) is 29.1 Å². The summed E-state index contributed by atoms with van der Waals surface area (Å²) in [6.45, 7) is 13.2. The van der Waals surface area contributed by atoms with E-state index in [0.29, 0.717) is 34.0 Å². The normalized spacial score (nSPS) is 12.5. The van der Waals surface area contributed by atoms with Gasteiger partial charge in [-0.25, -0.2) is 13.8 Å². The zero-order valence-electron chi connectivity index (χ0n) is 36.3. The fourth-order valence-electron chi connectivity index (χ4n) is 8.37. The Hall–Kier alpha value is -6.78. The summed E-state index contributed by atoms with van der Waals surface area (Å²) in [5, 5.41) is 2.14. The molecule has 0 bridgehead atoms. The van der Waals surface area contributed by atoms with Crippen LogP contribution in [0.25, 0.3) is 49.9 Å². The minimum Gasteiger partial charge on any atom is -0.509 e. The van der Waals surface area contributed by atoms with E-state index in [1.807, 2.05) is 82.1 Å². The van der Waals surface area contributed by atoms with Gasteiger partial charge in [-0.3, -0.25) is 0 Å². The fourth-order valence-corrected chi connectivity index (χ4v) is 8.37. The molecular weight excluding hydrogens is 978 g/mol. The molecule has 2 aromatic heterocycles. The fraction of sp³-hybridized carbons (Fsp3) is 0.143. The number of hydrogen-bond donors (Lipinski definition) is 0. The van der Waals surface area contributed by atoms with Crippen molar-refractivity contribution in [2.45, 2.75) is 52.4 Å². The van der Waals surface area contributed by atoms with Crippen LogP contribution in [0.4, 0.5) is 31.5 Å². The van der Waals surface area contributed by atoms with E-state index in [9.17, 15) is 8.78 Å². The van der Waals surface area contributed by atoms with Crippen LogP contribution in [0.2, 0.25) is 0 Å². The number of ether oxygens (including phenoxy) is 1. The van der Waals surface area contributed by atoms with Gasteiger partial charge in [0.05, 0.1) is 5.56 Å². The summed E-state index contributed by atoms with van der Waals surface area (Å²) in [6, 6.07) is 59.2. The van der Waals surface area contributed by atoms with Gasteiger partial charge in [0, 0.05) is 47.5 Å². The summed E-state index contributed by atoms with van der Waals surface area (Å²) in [5.41, 5.74) is 10.3. The number of hydrogen-bond acceptors (Lipinski definition) is 2. The van der Waals surface area contributed by atoms with Crippen molar-refractivity contribution in [2.75, 3.05) is 0 Å². The molecule has 0 N–H and O–H groups in total. The SMILES string of the molecule is CC(C)(C)c1ccc(-c2cc(Oc3[c-]c4c(cc3)c3ccccc3n4-c3cc(C(C)(C)C)ccn3)[c-]c([N+]3=C=[N+](c4ccccc4-c4cc(F)cc(F)c4)c4ccccc43)c2)cc1.[Pt+2]. The van der Waals surface area contributed by atoms with Crippen molar-refractivity contribution in [1.29, 1.82) is 0 Å². The Bertz CT molecular complexity index is 3330. The zero-order chi connectivity index (χ0) is 43.6. The van der Waals surface area contributed by atoms with Crippen LogP contribution in [0, 0.1) is 23.8 Å². The van der Waals surface area contributed by atoms with E-state index < -0.39 is 11.6 Å². The van der Waals surface area contributed by atoms with Crippen LogP contribution >= 0.6 is 0 Å². The van der Waals surface area contributed by atoms with Crippen molar-refractivity contribution in [3.8, 4) is 39.6 Å². The molecule has 0 amide bonds. The zero-order valence-corrected chi connectivity index (χ0v) is 38.6. The van der Waals surface area contributed by atoms with E-state index >= 15 is 0 Å². The van der Waals surface area contributed by atoms with Gasteiger partial charge in [-0.2, -0.15) is 6.07 Å². The molecule has 0 radical (unpaired) electrons. The van der Waals surface area contributed by atoms with E-state index in [-0.39, 0.29) is 31.9 Å². The number of fused-ring (bicyclic) bond motifs is 4. The van der Waals surface area contributed by atoms with Crippen LogP contribution in [0.15, 0.2) is 158 Å². The number of nitrogens with zero attached hydrogens (tertiary/aromatic N) is 4. The minimum atomic E-state index is -0.644. The van der Waals surface area contributed by atoms with Crippen LogP contribution < -0.4 is 13.9 Å².